The zero-order valence-electron chi connectivity index (χ0n) is 16.6. The molecule has 1 aromatic carbocycles. The second-order valence-corrected chi connectivity index (χ2v) is 9.62. The Labute approximate surface area is 186 Å². The van der Waals surface area contributed by atoms with Gasteiger partial charge in [0.05, 0.1) is 16.9 Å². The van der Waals surface area contributed by atoms with Gasteiger partial charge in [-0.3, -0.25) is 4.79 Å². The molecule has 12 heteroatoms. The largest absolute Gasteiger partial charge is 0.398 e. The van der Waals surface area contributed by atoms with Gasteiger partial charge in [-0.25, -0.2) is 8.42 Å². The highest BCUT2D eigenvalue weighted by Crippen LogP contribution is 2.31. The van der Waals surface area contributed by atoms with Crippen LogP contribution >= 0.6 is 23.2 Å². The van der Waals surface area contributed by atoms with Crippen molar-refractivity contribution in [1.82, 2.24) is 15.0 Å². The van der Waals surface area contributed by atoms with Gasteiger partial charge in [0.15, 0.2) is 0 Å². The Morgan fingerprint density at radius 2 is 2.07 bits per heavy atom. The molecule has 1 aliphatic heterocycles. The predicted octanol–water partition coefficient (Wildman–Crippen LogP) is 2.10. The summed E-state index contributed by atoms with van der Waals surface area (Å²) in [6.45, 7) is 3.48. The van der Waals surface area contributed by atoms with Crippen molar-refractivity contribution in [3.8, 4) is 0 Å². The molecular weight excluding hydrogens is 451 g/mol. The molecule has 0 aromatic heterocycles. The number of nitrogens with two attached hydrogens (primary N) is 1. The van der Waals surface area contributed by atoms with Crippen molar-refractivity contribution in [1.29, 1.82) is 5.41 Å². The first-order valence-electron chi connectivity index (χ1n) is 9.46. The van der Waals surface area contributed by atoms with Crippen molar-refractivity contribution < 1.29 is 13.2 Å². The van der Waals surface area contributed by atoms with Gasteiger partial charge in [-0.2, -0.15) is 9.82 Å². The second kappa shape index (κ2) is 10.9. The molecule has 0 radical (unpaired) electrons. The van der Waals surface area contributed by atoms with Crippen LogP contribution in [0.1, 0.15) is 26.2 Å². The summed E-state index contributed by atoms with van der Waals surface area (Å²) in [6, 6.07) is 1.54. The monoisotopic (exact) mass is 476 g/mol. The van der Waals surface area contributed by atoms with E-state index in [0.717, 1.165) is 19.1 Å². The van der Waals surface area contributed by atoms with Gasteiger partial charge in [0.1, 0.15) is 10.9 Å². The van der Waals surface area contributed by atoms with Gasteiger partial charge < -0.3 is 21.5 Å². The van der Waals surface area contributed by atoms with Crippen molar-refractivity contribution in [3.63, 3.8) is 0 Å². The number of carbonyl (C=O) groups excluding carboxylic acids is 1. The molecule has 0 aliphatic carbocycles. The van der Waals surface area contributed by atoms with E-state index in [1.165, 1.54) is 18.3 Å². The normalized spacial score (nSPS) is 16.6. The number of piperidine rings is 1. The molecular formula is C18H26Cl2N6O3S. The number of amides is 1. The number of nitrogens with one attached hydrogen (secondary N) is 3. The maximum absolute atomic E-state index is 13.1. The topological polar surface area (TPSA) is 141 Å². The SMILES string of the molecule is CC1CCN(C(=O)C(CCN/N=C\C=N)NS(=O)(=O)c2c(N)cc(Cl)cc2Cl)CC1. The summed E-state index contributed by atoms with van der Waals surface area (Å²) in [5.41, 5.74) is 8.41. The van der Waals surface area contributed by atoms with Gasteiger partial charge in [0.2, 0.25) is 15.9 Å². The van der Waals surface area contributed by atoms with E-state index in [0.29, 0.717) is 19.0 Å². The predicted molar refractivity (Wildman–Crippen MR) is 120 cm³/mol. The molecule has 0 saturated carbocycles. The Balaban J connectivity index is 2.23. The number of benzene rings is 1. The summed E-state index contributed by atoms with van der Waals surface area (Å²) in [4.78, 5) is 14.4. The fourth-order valence-corrected chi connectivity index (χ4v) is 5.37. The minimum absolute atomic E-state index is 0.105. The number of sulfonamides is 1. The van der Waals surface area contributed by atoms with E-state index in [9.17, 15) is 13.2 Å². The van der Waals surface area contributed by atoms with Crippen molar-refractivity contribution in [3.05, 3.63) is 22.2 Å². The molecule has 30 heavy (non-hydrogen) atoms. The lowest BCUT2D eigenvalue weighted by molar-refractivity contribution is -0.134. The van der Waals surface area contributed by atoms with Crippen LogP contribution in [0.3, 0.4) is 0 Å². The van der Waals surface area contributed by atoms with Crippen LogP contribution in [-0.4, -0.2) is 57.3 Å². The number of halogens is 2. The van der Waals surface area contributed by atoms with Crippen LogP contribution in [0, 0.1) is 11.3 Å². The van der Waals surface area contributed by atoms with Crippen LogP contribution in [0.4, 0.5) is 5.69 Å². The molecule has 1 aromatic rings. The molecule has 1 fully saturated rings. The Bertz CT molecular complexity index is 878. The summed E-state index contributed by atoms with van der Waals surface area (Å²) in [5.74, 6) is 0.209. The standard InChI is InChI=1S/C18H26Cl2N6O3S/c1-12-3-8-26(9-4-12)18(27)16(2-6-23-24-7-5-21)25-30(28,29)17-14(20)10-13(19)11-15(17)22/h5,7,10-12,16,21,23,25H,2-4,6,8-9,22H2,1H3/b21-5?,24-7-. The highest BCUT2D eigenvalue weighted by atomic mass is 35.5. The van der Waals surface area contributed by atoms with E-state index in [-0.39, 0.29) is 39.5 Å². The zero-order valence-corrected chi connectivity index (χ0v) is 18.9. The molecule has 2 rings (SSSR count). The number of anilines is 1. The molecule has 1 heterocycles. The van der Waals surface area contributed by atoms with Crippen molar-refractivity contribution in [2.45, 2.75) is 37.1 Å². The summed E-state index contributed by atoms with van der Waals surface area (Å²) < 4.78 is 28.4. The third kappa shape index (κ3) is 6.56. The lowest BCUT2D eigenvalue weighted by Crippen LogP contribution is -2.51. The zero-order chi connectivity index (χ0) is 22.3. The maximum atomic E-state index is 13.1. The number of rotatable bonds is 9. The van der Waals surface area contributed by atoms with Gasteiger partial charge in [0.25, 0.3) is 0 Å². The van der Waals surface area contributed by atoms with E-state index in [1.807, 2.05) is 0 Å². The minimum Gasteiger partial charge on any atom is -0.398 e. The number of hydrogen-bond acceptors (Lipinski definition) is 7. The fraction of sp³-hybridized carbons (Fsp3) is 0.500. The summed E-state index contributed by atoms with van der Waals surface area (Å²) in [6.07, 6.45) is 4.11. The van der Waals surface area contributed by atoms with Crippen LogP contribution in [0.5, 0.6) is 0 Å². The van der Waals surface area contributed by atoms with Crippen LogP contribution in [0.2, 0.25) is 10.0 Å². The fourth-order valence-electron chi connectivity index (χ4n) is 3.16. The van der Waals surface area contributed by atoms with Gasteiger partial charge in [-0.05, 0) is 37.3 Å². The Morgan fingerprint density at radius 1 is 1.40 bits per heavy atom. The van der Waals surface area contributed by atoms with Crippen molar-refractivity contribution >= 4 is 57.2 Å². The van der Waals surface area contributed by atoms with Gasteiger partial charge >= 0.3 is 0 Å². The first-order valence-corrected chi connectivity index (χ1v) is 11.7. The quantitative estimate of drug-likeness (QED) is 0.187. The number of nitrogen functional groups attached to an aromatic ring is 1. The van der Waals surface area contributed by atoms with Crippen LogP contribution < -0.4 is 15.9 Å². The first-order chi connectivity index (χ1) is 14.2. The van der Waals surface area contributed by atoms with E-state index >= 15 is 0 Å². The summed E-state index contributed by atoms with van der Waals surface area (Å²) in [5, 5.41) is 10.8. The second-order valence-electron chi connectivity index (χ2n) is 7.13. The average Bonchev–Trinajstić information content (AvgIpc) is 2.65. The number of likely N-dealkylation sites (tertiary alicyclic amines) is 1. The third-order valence-corrected chi connectivity index (χ3v) is 7.00. The first kappa shape index (κ1) is 24.4. The van der Waals surface area contributed by atoms with Gasteiger partial charge in [-0.15, -0.1) is 0 Å². The number of nitrogens with zero attached hydrogens (tertiary/aromatic N) is 2. The number of carbonyl (C=O) groups is 1. The average molecular weight is 477 g/mol. The van der Waals surface area contributed by atoms with Crippen LogP contribution in [0.15, 0.2) is 22.1 Å². The molecule has 0 spiro atoms. The van der Waals surface area contributed by atoms with E-state index < -0.39 is 16.1 Å². The number of hydrogen-bond donors (Lipinski definition) is 4. The number of hydrazone groups is 1. The van der Waals surface area contributed by atoms with E-state index in [2.05, 4.69) is 22.2 Å². The molecule has 1 unspecified atom stereocenters. The van der Waals surface area contributed by atoms with Crippen LogP contribution in [-0.2, 0) is 14.8 Å². The molecule has 166 valence electrons. The minimum atomic E-state index is -4.19. The Kier molecular flexibility index (Phi) is 8.90. The molecule has 1 amide bonds. The lowest BCUT2D eigenvalue weighted by atomic mass is 9.98. The molecule has 1 aliphatic rings. The highest BCUT2D eigenvalue weighted by molar-refractivity contribution is 7.89. The lowest BCUT2D eigenvalue weighted by Gasteiger charge is -2.33. The molecule has 0 bridgehead atoms. The van der Waals surface area contributed by atoms with Gasteiger partial charge in [0, 0.05) is 30.9 Å². The van der Waals surface area contributed by atoms with Crippen LogP contribution in [0.25, 0.3) is 0 Å². The molecule has 9 nitrogen and oxygen atoms in total. The van der Waals surface area contributed by atoms with Crippen molar-refractivity contribution in [2.24, 2.45) is 11.0 Å². The smallest absolute Gasteiger partial charge is 0.244 e. The Hall–Kier alpha value is -1.88. The van der Waals surface area contributed by atoms with Crippen molar-refractivity contribution in [2.75, 3.05) is 25.4 Å². The third-order valence-electron chi connectivity index (χ3n) is 4.78. The molecule has 1 atom stereocenters. The van der Waals surface area contributed by atoms with E-state index in [4.69, 9.17) is 34.3 Å². The molecule has 5 N–H and O–H groups in total. The maximum Gasteiger partial charge on any atom is 0.244 e. The Morgan fingerprint density at radius 3 is 2.67 bits per heavy atom. The summed E-state index contributed by atoms with van der Waals surface area (Å²) in [7, 11) is -4.19. The highest BCUT2D eigenvalue weighted by Gasteiger charge is 2.32. The van der Waals surface area contributed by atoms with E-state index in [1.54, 1.807) is 4.90 Å². The molecule has 1 saturated heterocycles. The van der Waals surface area contributed by atoms with Gasteiger partial charge in [-0.1, -0.05) is 30.1 Å². The summed E-state index contributed by atoms with van der Waals surface area (Å²) >= 11 is 12.0.